The topological polar surface area (TPSA) is 58.1 Å². The molecule has 4 rings (SSSR count). The minimum absolute atomic E-state index is 0.103. The molecule has 1 amide bonds. The van der Waals surface area contributed by atoms with Crippen molar-refractivity contribution in [3.63, 3.8) is 0 Å². The third kappa shape index (κ3) is 6.28. The fourth-order valence-electron chi connectivity index (χ4n) is 4.35. The Hall–Kier alpha value is -2.48. The van der Waals surface area contributed by atoms with Gasteiger partial charge in [-0.05, 0) is 49.2 Å². The maximum Gasteiger partial charge on any atom is 0.253 e. The first-order valence-corrected chi connectivity index (χ1v) is 11.6. The van der Waals surface area contributed by atoms with Crippen LogP contribution in [0.4, 0.5) is 0 Å². The number of nitrogens with zero attached hydrogens (tertiary/aromatic N) is 4. The number of likely N-dealkylation sites (tertiary alicyclic amines) is 1. The van der Waals surface area contributed by atoms with Crippen molar-refractivity contribution in [3.8, 4) is 5.75 Å². The zero-order valence-electron chi connectivity index (χ0n) is 19.0. The highest BCUT2D eigenvalue weighted by atomic mass is 16.5. The van der Waals surface area contributed by atoms with Crippen LogP contribution in [0.15, 0.2) is 48.7 Å². The first kappa shape index (κ1) is 22.7. The van der Waals surface area contributed by atoms with E-state index in [0.717, 1.165) is 88.8 Å². The van der Waals surface area contributed by atoms with E-state index in [4.69, 9.17) is 9.47 Å². The number of aromatic nitrogens is 1. The first-order chi connectivity index (χ1) is 15.7. The Morgan fingerprint density at radius 2 is 1.72 bits per heavy atom. The standard InChI is InChI=1S/C25H34N4O3/c1-31-19-18-27-14-16-29(17-15-27)25(30)21-5-7-23(8-6-21)32-24-9-12-28(13-10-24)20-22-4-2-3-11-26-22/h2-8,11,24H,9-10,12-20H2,1H3. The zero-order valence-corrected chi connectivity index (χ0v) is 19.0. The molecular formula is C25H34N4O3. The number of methoxy groups -OCH3 is 1. The van der Waals surface area contributed by atoms with E-state index < -0.39 is 0 Å². The van der Waals surface area contributed by atoms with Crippen LogP contribution < -0.4 is 4.74 Å². The van der Waals surface area contributed by atoms with Crippen LogP contribution in [-0.4, -0.2) is 91.2 Å². The summed E-state index contributed by atoms with van der Waals surface area (Å²) < 4.78 is 11.3. The Morgan fingerprint density at radius 3 is 2.38 bits per heavy atom. The van der Waals surface area contributed by atoms with Gasteiger partial charge in [-0.2, -0.15) is 0 Å². The molecule has 2 fully saturated rings. The summed E-state index contributed by atoms with van der Waals surface area (Å²) >= 11 is 0. The molecular weight excluding hydrogens is 404 g/mol. The molecule has 0 bridgehead atoms. The van der Waals surface area contributed by atoms with Crippen LogP contribution in [0.3, 0.4) is 0 Å². The number of hydrogen-bond acceptors (Lipinski definition) is 6. The molecule has 2 saturated heterocycles. The molecule has 2 aromatic rings. The lowest BCUT2D eigenvalue weighted by Gasteiger charge is -2.34. The van der Waals surface area contributed by atoms with Crippen molar-refractivity contribution in [2.45, 2.75) is 25.5 Å². The van der Waals surface area contributed by atoms with E-state index in [1.165, 1.54) is 0 Å². The monoisotopic (exact) mass is 438 g/mol. The minimum Gasteiger partial charge on any atom is -0.490 e. The molecule has 3 heterocycles. The van der Waals surface area contributed by atoms with Crippen molar-refractivity contribution in [2.75, 3.05) is 59.5 Å². The van der Waals surface area contributed by atoms with Gasteiger partial charge in [-0.3, -0.25) is 19.6 Å². The van der Waals surface area contributed by atoms with Gasteiger partial charge in [0.2, 0.25) is 0 Å². The van der Waals surface area contributed by atoms with Crippen LogP contribution in [0, 0.1) is 0 Å². The number of amides is 1. The van der Waals surface area contributed by atoms with Crippen LogP contribution in [0.2, 0.25) is 0 Å². The number of piperazine rings is 1. The van der Waals surface area contributed by atoms with Crippen LogP contribution in [0.25, 0.3) is 0 Å². The fourth-order valence-corrected chi connectivity index (χ4v) is 4.35. The molecule has 1 aromatic carbocycles. The second-order valence-electron chi connectivity index (χ2n) is 8.57. The molecule has 172 valence electrons. The minimum atomic E-state index is 0.103. The van der Waals surface area contributed by atoms with E-state index in [1.807, 2.05) is 47.5 Å². The molecule has 0 radical (unpaired) electrons. The molecule has 1 aromatic heterocycles. The smallest absolute Gasteiger partial charge is 0.253 e. The molecule has 2 aliphatic rings. The maximum atomic E-state index is 12.8. The molecule has 0 unspecified atom stereocenters. The van der Waals surface area contributed by atoms with Crippen molar-refractivity contribution < 1.29 is 14.3 Å². The van der Waals surface area contributed by atoms with E-state index in [-0.39, 0.29) is 12.0 Å². The average Bonchev–Trinajstić information content (AvgIpc) is 2.85. The van der Waals surface area contributed by atoms with E-state index >= 15 is 0 Å². The summed E-state index contributed by atoms with van der Waals surface area (Å²) in [7, 11) is 1.72. The molecule has 2 aliphatic heterocycles. The van der Waals surface area contributed by atoms with Gasteiger partial charge in [-0.1, -0.05) is 6.07 Å². The summed E-state index contributed by atoms with van der Waals surface area (Å²) in [6, 6.07) is 13.7. The quantitative estimate of drug-likeness (QED) is 0.631. The van der Waals surface area contributed by atoms with Gasteiger partial charge in [0, 0.05) is 71.2 Å². The van der Waals surface area contributed by atoms with Gasteiger partial charge < -0.3 is 14.4 Å². The first-order valence-electron chi connectivity index (χ1n) is 11.6. The van der Waals surface area contributed by atoms with E-state index in [1.54, 1.807) is 7.11 Å². The normalized spacial score (nSPS) is 18.6. The summed E-state index contributed by atoms with van der Waals surface area (Å²) in [6.07, 6.45) is 4.07. The van der Waals surface area contributed by atoms with Gasteiger partial charge >= 0.3 is 0 Å². The second kappa shape index (κ2) is 11.4. The van der Waals surface area contributed by atoms with Gasteiger partial charge in [0.05, 0.1) is 12.3 Å². The Kier molecular flexibility index (Phi) is 8.09. The molecule has 0 atom stereocenters. The van der Waals surface area contributed by atoms with Crippen molar-refractivity contribution in [2.24, 2.45) is 0 Å². The van der Waals surface area contributed by atoms with Gasteiger partial charge in [0.15, 0.2) is 0 Å². The van der Waals surface area contributed by atoms with Crippen LogP contribution >= 0.6 is 0 Å². The highest BCUT2D eigenvalue weighted by molar-refractivity contribution is 5.94. The average molecular weight is 439 g/mol. The molecule has 0 spiro atoms. The number of carbonyl (C=O) groups is 1. The summed E-state index contributed by atoms with van der Waals surface area (Å²) in [5.74, 6) is 0.944. The third-order valence-corrected chi connectivity index (χ3v) is 6.32. The lowest BCUT2D eigenvalue weighted by molar-refractivity contribution is 0.0594. The number of hydrogen-bond donors (Lipinski definition) is 0. The van der Waals surface area contributed by atoms with Gasteiger partial charge in [0.25, 0.3) is 5.91 Å². The van der Waals surface area contributed by atoms with E-state index in [0.29, 0.717) is 0 Å². The van der Waals surface area contributed by atoms with E-state index in [2.05, 4.69) is 20.9 Å². The van der Waals surface area contributed by atoms with Crippen molar-refractivity contribution in [1.29, 1.82) is 0 Å². The van der Waals surface area contributed by atoms with Gasteiger partial charge in [0.1, 0.15) is 11.9 Å². The predicted octanol–water partition coefficient (Wildman–Crippen LogP) is 2.53. The Morgan fingerprint density at radius 1 is 0.969 bits per heavy atom. The van der Waals surface area contributed by atoms with Gasteiger partial charge in [-0.15, -0.1) is 0 Å². The number of piperidine rings is 1. The summed E-state index contributed by atoms with van der Waals surface area (Å²) in [5.41, 5.74) is 1.84. The third-order valence-electron chi connectivity index (χ3n) is 6.32. The fraction of sp³-hybridized carbons (Fsp3) is 0.520. The van der Waals surface area contributed by atoms with Crippen LogP contribution in [0.1, 0.15) is 28.9 Å². The summed E-state index contributed by atoms with van der Waals surface area (Å²) in [4.78, 5) is 24.0. The number of benzene rings is 1. The number of carbonyl (C=O) groups excluding carboxylic acids is 1. The molecule has 32 heavy (non-hydrogen) atoms. The Balaban J connectivity index is 1.21. The Labute approximate surface area is 190 Å². The predicted molar refractivity (Wildman–Crippen MR) is 124 cm³/mol. The molecule has 7 heteroatoms. The lowest BCUT2D eigenvalue weighted by Crippen LogP contribution is -2.49. The second-order valence-corrected chi connectivity index (χ2v) is 8.57. The van der Waals surface area contributed by atoms with Crippen molar-refractivity contribution >= 4 is 5.91 Å². The molecule has 0 saturated carbocycles. The number of ether oxygens (including phenoxy) is 2. The number of rotatable bonds is 8. The molecule has 0 N–H and O–H groups in total. The molecule has 0 aliphatic carbocycles. The Bertz CT molecular complexity index is 830. The highest BCUT2D eigenvalue weighted by Crippen LogP contribution is 2.21. The van der Waals surface area contributed by atoms with Crippen molar-refractivity contribution in [1.82, 2.24) is 19.7 Å². The van der Waals surface area contributed by atoms with E-state index in [9.17, 15) is 4.79 Å². The highest BCUT2D eigenvalue weighted by Gasteiger charge is 2.23. The summed E-state index contributed by atoms with van der Waals surface area (Å²) in [5, 5.41) is 0. The largest absolute Gasteiger partial charge is 0.490 e. The van der Waals surface area contributed by atoms with Crippen LogP contribution in [0.5, 0.6) is 5.75 Å². The van der Waals surface area contributed by atoms with Crippen LogP contribution in [-0.2, 0) is 11.3 Å². The SMILES string of the molecule is COCCN1CCN(C(=O)c2ccc(OC3CCN(Cc4ccccn4)CC3)cc2)CC1. The van der Waals surface area contributed by atoms with Gasteiger partial charge in [-0.25, -0.2) is 0 Å². The summed E-state index contributed by atoms with van der Waals surface area (Å²) in [6.45, 7) is 7.89. The lowest BCUT2D eigenvalue weighted by atomic mass is 10.1. The maximum absolute atomic E-state index is 12.8. The van der Waals surface area contributed by atoms with Crippen molar-refractivity contribution in [3.05, 3.63) is 59.9 Å². The molecule has 7 nitrogen and oxygen atoms in total. The number of pyridine rings is 1. The zero-order chi connectivity index (χ0) is 22.2.